The van der Waals surface area contributed by atoms with E-state index >= 15 is 0 Å². The topological polar surface area (TPSA) is 105 Å². The van der Waals surface area contributed by atoms with E-state index in [-0.39, 0.29) is 23.0 Å². The molecule has 21 heavy (non-hydrogen) atoms. The number of nitrogens with one attached hydrogen (secondary N) is 2. The van der Waals surface area contributed by atoms with Gasteiger partial charge in [0.25, 0.3) is 5.91 Å². The molecule has 0 saturated heterocycles. The molecule has 0 spiro atoms. The summed E-state index contributed by atoms with van der Waals surface area (Å²) >= 11 is 0. The van der Waals surface area contributed by atoms with Crippen LogP contribution in [0, 0.1) is 0 Å². The fourth-order valence-electron chi connectivity index (χ4n) is 1.88. The number of pyridine rings is 1. The lowest BCUT2D eigenvalue weighted by Crippen LogP contribution is -2.27. The molecule has 2 heterocycles. The summed E-state index contributed by atoms with van der Waals surface area (Å²) in [6.45, 7) is -0.425. The fraction of sp³-hybridized carbons (Fsp3) is 0.273. The van der Waals surface area contributed by atoms with E-state index < -0.39 is 25.0 Å². The number of rotatable bonds is 4. The zero-order valence-electron chi connectivity index (χ0n) is 10.6. The van der Waals surface area contributed by atoms with Crippen LogP contribution in [0.5, 0.6) is 0 Å². The predicted octanol–water partition coefficient (Wildman–Crippen LogP) is 0.939. The summed E-state index contributed by atoms with van der Waals surface area (Å²) in [4.78, 5) is 14.9. The second-order valence-corrected chi connectivity index (χ2v) is 4.23. The molecule has 0 aliphatic carbocycles. The van der Waals surface area contributed by atoms with Crippen LogP contribution in [0.2, 0.25) is 0 Å². The Morgan fingerprint density at radius 2 is 2.14 bits per heavy atom. The molecule has 0 radical (unpaired) electrons. The van der Waals surface area contributed by atoms with Crippen molar-refractivity contribution in [2.24, 2.45) is 0 Å². The van der Waals surface area contributed by atoms with Crippen LogP contribution in [0.15, 0.2) is 18.2 Å². The quantitative estimate of drug-likeness (QED) is 0.497. The van der Waals surface area contributed by atoms with Crippen molar-refractivity contribution in [3.8, 4) is 0 Å². The second-order valence-electron chi connectivity index (χ2n) is 4.23. The molecular weight excluding hydrogens is 291 g/mol. The van der Waals surface area contributed by atoms with Gasteiger partial charge in [0.15, 0.2) is 0 Å². The van der Waals surface area contributed by atoms with Crippen LogP contribution >= 0.6 is 0 Å². The van der Waals surface area contributed by atoms with E-state index in [9.17, 15) is 18.0 Å². The molecule has 114 valence electrons. The Labute approximate surface area is 116 Å². The van der Waals surface area contributed by atoms with Crippen molar-refractivity contribution in [2.45, 2.75) is 12.6 Å². The minimum Gasteiger partial charge on any atom is -0.385 e. The minimum absolute atomic E-state index is 0.0962. The van der Waals surface area contributed by atoms with Crippen LogP contribution in [-0.2, 0) is 11.2 Å². The van der Waals surface area contributed by atoms with Gasteiger partial charge in [-0.2, -0.15) is 13.2 Å². The SMILES string of the molecule is Nc1cccc2nc(NCC(=O)NO)c(CC(F)(F)F)n12. The van der Waals surface area contributed by atoms with Crippen molar-refractivity contribution >= 4 is 23.2 Å². The first kappa shape index (κ1) is 14.9. The molecule has 0 unspecified atom stereocenters. The molecule has 0 aromatic carbocycles. The van der Waals surface area contributed by atoms with Gasteiger partial charge in [-0.15, -0.1) is 0 Å². The molecule has 5 N–H and O–H groups in total. The van der Waals surface area contributed by atoms with Crippen molar-refractivity contribution in [3.63, 3.8) is 0 Å². The van der Waals surface area contributed by atoms with Gasteiger partial charge in [-0.1, -0.05) is 6.07 Å². The summed E-state index contributed by atoms with van der Waals surface area (Å²) in [7, 11) is 0. The monoisotopic (exact) mass is 303 g/mol. The van der Waals surface area contributed by atoms with E-state index in [4.69, 9.17) is 10.9 Å². The summed E-state index contributed by atoms with van der Waals surface area (Å²) in [6.07, 6.45) is -5.72. The number of fused-ring (bicyclic) bond motifs is 1. The van der Waals surface area contributed by atoms with Gasteiger partial charge in [-0.25, -0.2) is 10.5 Å². The maximum Gasteiger partial charge on any atom is 0.394 e. The Morgan fingerprint density at radius 1 is 1.43 bits per heavy atom. The molecule has 2 aromatic rings. The number of halogens is 3. The molecule has 7 nitrogen and oxygen atoms in total. The first-order chi connectivity index (χ1) is 9.81. The van der Waals surface area contributed by atoms with Gasteiger partial charge in [0.2, 0.25) is 0 Å². The first-order valence-electron chi connectivity index (χ1n) is 5.81. The number of carbonyl (C=O) groups excluding carboxylic acids is 1. The van der Waals surface area contributed by atoms with Gasteiger partial charge in [0, 0.05) is 0 Å². The van der Waals surface area contributed by atoms with E-state index in [1.54, 1.807) is 6.07 Å². The summed E-state index contributed by atoms with van der Waals surface area (Å²) < 4.78 is 39.2. The van der Waals surface area contributed by atoms with Crippen molar-refractivity contribution in [1.29, 1.82) is 0 Å². The smallest absolute Gasteiger partial charge is 0.385 e. The highest BCUT2D eigenvalue weighted by Gasteiger charge is 2.32. The standard InChI is InChI=1S/C11H12F3N5O2/c12-11(13,14)4-6-10(16-5-9(20)18-21)17-8-3-1-2-7(15)19(6)8/h1-3,16,21H,4-5,15H2,(H,18,20). The van der Waals surface area contributed by atoms with E-state index in [1.165, 1.54) is 17.6 Å². The second kappa shape index (κ2) is 5.48. The average molecular weight is 303 g/mol. The molecule has 0 fully saturated rings. The largest absolute Gasteiger partial charge is 0.394 e. The number of nitrogen functional groups attached to an aromatic ring is 1. The number of hydrogen-bond acceptors (Lipinski definition) is 5. The van der Waals surface area contributed by atoms with E-state index in [0.29, 0.717) is 0 Å². The van der Waals surface area contributed by atoms with Gasteiger partial charge < -0.3 is 11.1 Å². The number of hydrogen-bond donors (Lipinski definition) is 4. The minimum atomic E-state index is -4.46. The van der Waals surface area contributed by atoms with Crippen LogP contribution in [-0.4, -0.2) is 33.2 Å². The maximum absolute atomic E-state index is 12.7. The van der Waals surface area contributed by atoms with Crippen LogP contribution in [0.3, 0.4) is 0 Å². The van der Waals surface area contributed by atoms with Crippen LogP contribution in [0.1, 0.15) is 5.69 Å². The lowest BCUT2D eigenvalue weighted by Gasteiger charge is -2.10. The molecule has 0 aliphatic rings. The lowest BCUT2D eigenvalue weighted by atomic mass is 10.3. The van der Waals surface area contributed by atoms with Crippen molar-refractivity contribution < 1.29 is 23.2 Å². The van der Waals surface area contributed by atoms with Gasteiger partial charge in [-0.05, 0) is 12.1 Å². The van der Waals surface area contributed by atoms with Crippen molar-refractivity contribution in [3.05, 3.63) is 23.9 Å². The number of imidazole rings is 1. The normalized spacial score (nSPS) is 11.6. The Bertz CT molecular complexity index is 668. The third kappa shape index (κ3) is 3.34. The van der Waals surface area contributed by atoms with Crippen molar-refractivity contribution in [1.82, 2.24) is 14.9 Å². The first-order valence-corrected chi connectivity index (χ1v) is 5.81. The molecule has 2 rings (SSSR count). The molecule has 0 aliphatic heterocycles. The fourth-order valence-corrected chi connectivity index (χ4v) is 1.88. The number of alkyl halides is 3. The molecule has 0 saturated carbocycles. The highest BCUT2D eigenvalue weighted by Crippen LogP contribution is 2.28. The Balaban J connectivity index is 2.45. The van der Waals surface area contributed by atoms with E-state index in [0.717, 1.165) is 4.40 Å². The number of carbonyl (C=O) groups is 1. The number of nitrogens with two attached hydrogens (primary N) is 1. The highest BCUT2D eigenvalue weighted by atomic mass is 19.4. The Morgan fingerprint density at radius 3 is 2.76 bits per heavy atom. The molecule has 0 bridgehead atoms. The summed E-state index contributed by atoms with van der Waals surface area (Å²) in [5.74, 6) is -0.828. The molecule has 1 amide bonds. The third-order valence-corrected chi connectivity index (χ3v) is 2.68. The number of nitrogens with zero attached hydrogens (tertiary/aromatic N) is 2. The zero-order chi connectivity index (χ0) is 15.6. The molecular formula is C11H12F3N5O2. The van der Waals surface area contributed by atoms with E-state index in [2.05, 4.69) is 10.3 Å². The third-order valence-electron chi connectivity index (χ3n) is 2.68. The summed E-state index contributed by atoms with van der Waals surface area (Å²) in [5.41, 5.74) is 7.06. The number of aromatic nitrogens is 2. The maximum atomic E-state index is 12.7. The number of anilines is 2. The summed E-state index contributed by atoms with van der Waals surface area (Å²) in [5, 5.41) is 10.8. The zero-order valence-corrected chi connectivity index (χ0v) is 10.6. The number of hydroxylamine groups is 1. The van der Waals surface area contributed by atoms with E-state index in [1.807, 2.05) is 0 Å². The van der Waals surface area contributed by atoms with Crippen LogP contribution in [0.4, 0.5) is 24.8 Å². The van der Waals surface area contributed by atoms with Crippen LogP contribution < -0.4 is 16.5 Å². The molecule has 10 heteroatoms. The Kier molecular flexibility index (Phi) is 3.89. The van der Waals surface area contributed by atoms with Crippen molar-refractivity contribution in [2.75, 3.05) is 17.6 Å². The predicted molar refractivity (Wildman–Crippen MR) is 67.8 cm³/mol. The van der Waals surface area contributed by atoms with Gasteiger partial charge in [0.05, 0.1) is 18.7 Å². The Hall–Kier alpha value is -2.49. The number of amides is 1. The van der Waals surface area contributed by atoms with Gasteiger partial charge in [-0.3, -0.25) is 14.4 Å². The van der Waals surface area contributed by atoms with Gasteiger partial charge in [0.1, 0.15) is 17.3 Å². The van der Waals surface area contributed by atoms with Gasteiger partial charge >= 0.3 is 6.18 Å². The van der Waals surface area contributed by atoms with Crippen LogP contribution in [0.25, 0.3) is 5.65 Å². The molecule has 0 atom stereocenters. The lowest BCUT2D eigenvalue weighted by molar-refractivity contribution is -0.128. The average Bonchev–Trinajstić information content (AvgIpc) is 2.73. The summed E-state index contributed by atoms with van der Waals surface area (Å²) in [6, 6.07) is 4.49. The molecule has 2 aromatic heterocycles. The highest BCUT2D eigenvalue weighted by molar-refractivity contribution is 5.79.